The molecule has 0 aliphatic carbocycles. The lowest BCUT2D eigenvalue weighted by molar-refractivity contribution is 0.140. The molecule has 0 spiro atoms. The largest absolute Gasteiger partial charge is 0.283 e. The van der Waals surface area contributed by atoms with Crippen LogP contribution in [-0.2, 0) is 12.3 Å². The molecule has 1 aromatic heterocycles. The summed E-state index contributed by atoms with van der Waals surface area (Å²) in [5, 5.41) is 8.42. The normalized spacial score (nSPS) is 10.4. The van der Waals surface area contributed by atoms with Crippen LogP contribution in [0.15, 0.2) is 6.07 Å². The molecule has 2 nitrogen and oxygen atoms in total. The Morgan fingerprint density at radius 2 is 2.20 bits per heavy atom. The molecule has 0 aliphatic rings. The number of pyridine rings is 1. The average Bonchev–Trinajstić information content (AvgIpc) is 2.18. The van der Waals surface area contributed by atoms with Crippen LogP contribution in [0.1, 0.15) is 23.4 Å². The third-order valence-corrected chi connectivity index (χ3v) is 2.03. The molecule has 1 rings (SSSR count). The van der Waals surface area contributed by atoms with Gasteiger partial charge in [0.2, 0.25) is 0 Å². The SMILES string of the molecule is N#CCc1cc(F)c(C(F)F)nc1CCl. The first-order valence-electron chi connectivity index (χ1n) is 3.99. The first kappa shape index (κ1) is 11.8. The molecule has 1 heterocycles. The molecule has 1 aromatic rings. The minimum Gasteiger partial charge on any atom is -0.247 e. The van der Waals surface area contributed by atoms with E-state index >= 15 is 0 Å². The number of rotatable bonds is 3. The van der Waals surface area contributed by atoms with Gasteiger partial charge in [-0.2, -0.15) is 5.26 Å². The van der Waals surface area contributed by atoms with E-state index in [1.54, 1.807) is 6.07 Å². The predicted octanol–water partition coefficient (Wildman–Crippen LogP) is 2.96. The zero-order chi connectivity index (χ0) is 11.4. The molecule has 0 fully saturated rings. The Bertz CT molecular complexity index is 401. The minimum atomic E-state index is -2.98. The van der Waals surface area contributed by atoms with Gasteiger partial charge in [0.05, 0.1) is 24.1 Å². The van der Waals surface area contributed by atoms with E-state index < -0.39 is 17.9 Å². The van der Waals surface area contributed by atoms with Crippen molar-refractivity contribution >= 4 is 11.6 Å². The van der Waals surface area contributed by atoms with E-state index in [0.29, 0.717) is 0 Å². The van der Waals surface area contributed by atoms with Crippen molar-refractivity contribution in [2.24, 2.45) is 0 Å². The number of aromatic nitrogens is 1. The Labute approximate surface area is 89.3 Å². The van der Waals surface area contributed by atoms with E-state index in [1.807, 2.05) is 0 Å². The summed E-state index contributed by atoms with van der Waals surface area (Å²) in [5.74, 6) is -1.24. The highest BCUT2D eigenvalue weighted by Crippen LogP contribution is 2.23. The van der Waals surface area contributed by atoms with Gasteiger partial charge in [0, 0.05) is 0 Å². The number of hydrogen-bond donors (Lipinski definition) is 0. The standard InChI is InChI=1S/C9H6ClF3N2/c10-4-7-5(1-2-14)3-6(11)8(15-7)9(12)13/h3,9H,1,4H2. The Kier molecular flexibility index (Phi) is 3.92. The Morgan fingerprint density at radius 3 is 2.67 bits per heavy atom. The summed E-state index contributed by atoms with van der Waals surface area (Å²) in [6, 6.07) is 2.67. The van der Waals surface area contributed by atoms with Crippen molar-refractivity contribution in [2.75, 3.05) is 0 Å². The highest BCUT2D eigenvalue weighted by molar-refractivity contribution is 6.17. The molecule has 0 saturated carbocycles. The lowest BCUT2D eigenvalue weighted by Gasteiger charge is -2.07. The maximum Gasteiger partial charge on any atom is 0.283 e. The smallest absolute Gasteiger partial charge is 0.247 e. The van der Waals surface area contributed by atoms with Gasteiger partial charge in [-0.1, -0.05) is 0 Å². The molecule has 0 amide bonds. The number of nitrogens with zero attached hydrogens (tertiary/aromatic N) is 2. The fraction of sp³-hybridized carbons (Fsp3) is 0.333. The van der Waals surface area contributed by atoms with Gasteiger partial charge in [0.25, 0.3) is 6.43 Å². The molecular formula is C9H6ClF3N2. The Balaban J connectivity index is 3.24. The second-order valence-corrected chi connectivity index (χ2v) is 3.00. The molecule has 15 heavy (non-hydrogen) atoms. The van der Waals surface area contributed by atoms with E-state index in [4.69, 9.17) is 16.9 Å². The van der Waals surface area contributed by atoms with Gasteiger partial charge in [-0.3, -0.25) is 0 Å². The van der Waals surface area contributed by atoms with E-state index in [9.17, 15) is 13.2 Å². The van der Waals surface area contributed by atoms with Crippen LogP contribution in [0.5, 0.6) is 0 Å². The van der Waals surface area contributed by atoms with E-state index in [0.717, 1.165) is 6.07 Å². The third-order valence-electron chi connectivity index (χ3n) is 1.77. The van der Waals surface area contributed by atoms with Crippen LogP contribution >= 0.6 is 11.6 Å². The Morgan fingerprint density at radius 1 is 1.53 bits per heavy atom. The van der Waals surface area contributed by atoms with Crippen LogP contribution in [0.2, 0.25) is 0 Å². The maximum atomic E-state index is 13.0. The van der Waals surface area contributed by atoms with E-state index in [-0.39, 0.29) is 23.6 Å². The van der Waals surface area contributed by atoms with E-state index in [1.165, 1.54) is 0 Å². The van der Waals surface area contributed by atoms with Crippen molar-refractivity contribution in [3.63, 3.8) is 0 Å². The topological polar surface area (TPSA) is 36.7 Å². The van der Waals surface area contributed by atoms with Gasteiger partial charge < -0.3 is 0 Å². The summed E-state index contributed by atoms with van der Waals surface area (Å²) in [5.41, 5.74) is -0.559. The van der Waals surface area contributed by atoms with Crippen LogP contribution in [0, 0.1) is 17.1 Å². The van der Waals surface area contributed by atoms with Crippen LogP contribution in [-0.4, -0.2) is 4.98 Å². The van der Waals surface area contributed by atoms with Crippen molar-refractivity contribution in [1.82, 2.24) is 4.98 Å². The zero-order valence-electron chi connectivity index (χ0n) is 7.48. The number of halogens is 4. The third kappa shape index (κ3) is 2.60. The van der Waals surface area contributed by atoms with Gasteiger partial charge in [0.1, 0.15) is 5.69 Å². The quantitative estimate of drug-likeness (QED) is 0.754. The molecule has 0 aliphatic heterocycles. The number of hydrogen-bond acceptors (Lipinski definition) is 2. The van der Waals surface area contributed by atoms with Crippen molar-refractivity contribution in [2.45, 2.75) is 18.7 Å². The second-order valence-electron chi connectivity index (χ2n) is 2.73. The van der Waals surface area contributed by atoms with Gasteiger partial charge in [-0.15, -0.1) is 11.6 Å². The fourth-order valence-corrected chi connectivity index (χ4v) is 1.32. The molecule has 0 saturated heterocycles. The van der Waals surface area contributed by atoms with Gasteiger partial charge in [-0.25, -0.2) is 18.2 Å². The lowest BCUT2D eigenvalue weighted by Crippen LogP contribution is -2.03. The van der Waals surface area contributed by atoms with Crippen LogP contribution < -0.4 is 0 Å². The fourth-order valence-electron chi connectivity index (χ4n) is 1.09. The van der Waals surface area contributed by atoms with Crippen molar-refractivity contribution in [3.8, 4) is 6.07 Å². The molecule has 6 heteroatoms. The van der Waals surface area contributed by atoms with Crippen LogP contribution in [0.3, 0.4) is 0 Å². The van der Waals surface area contributed by atoms with Gasteiger partial charge in [0.15, 0.2) is 5.82 Å². The molecule has 0 aromatic carbocycles. The number of alkyl halides is 3. The lowest BCUT2D eigenvalue weighted by atomic mass is 10.1. The van der Waals surface area contributed by atoms with Crippen LogP contribution in [0.25, 0.3) is 0 Å². The second kappa shape index (κ2) is 4.99. The van der Waals surface area contributed by atoms with Gasteiger partial charge >= 0.3 is 0 Å². The van der Waals surface area contributed by atoms with E-state index in [2.05, 4.69) is 4.98 Å². The van der Waals surface area contributed by atoms with Crippen molar-refractivity contribution in [3.05, 3.63) is 28.8 Å². The highest BCUT2D eigenvalue weighted by atomic mass is 35.5. The highest BCUT2D eigenvalue weighted by Gasteiger charge is 2.18. The average molecular weight is 235 g/mol. The number of nitriles is 1. The molecule has 0 atom stereocenters. The van der Waals surface area contributed by atoms with Crippen molar-refractivity contribution < 1.29 is 13.2 Å². The summed E-state index contributed by atoms with van der Waals surface area (Å²) in [4.78, 5) is 3.40. The first-order valence-corrected chi connectivity index (χ1v) is 4.52. The summed E-state index contributed by atoms with van der Waals surface area (Å²) in [6.45, 7) is 0. The van der Waals surface area contributed by atoms with Crippen molar-refractivity contribution in [1.29, 1.82) is 5.26 Å². The molecule has 0 N–H and O–H groups in total. The molecule has 80 valence electrons. The van der Waals surface area contributed by atoms with Crippen LogP contribution in [0.4, 0.5) is 13.2 Å². The predicted molar refractivity (Wildman–Crippen MR) is 48.0 cm³/mol. The molecule has 0 radical (unpaired) electrons. The summed E-state index contributed by atoms with van der Waals surface area (Å²) < 4.78 is 37.5. The first-order chi connectivity index (χ1) is 7.10. The van der Waals surface area contributed by atoms with Gasteiger partial charge in [-0.05, 0) is 11.6 Å². The molecule has 0 unspecified atom stereocenters. The summed E-state index contributed by atoms with van der Waals surface area (Å²) in [7, 11) is 0. The molecule has 0 bridgehead atoms. The summed E-state index contributed by atoms with van der Waals surface area (Å²) >= 11 is 5.46. The zero-order valence-corrected chi connectivity index (χ0v) is 8.23. The summed E-state index contributed by atoms with van der Waals surface area (Å²) in [6.07, 6.45) is -3.08. The monoisotopic (exact) mass is 234 g/mol. The maximum absolute atomic E-state index is 13.0. The minimum absolute atomic E-state index is 0.102. The molecular weight excluding hydrogens is 229 g/mol. The Hall–Kier alpha value is -1.28.